The largest absolute Gasteiger partial charge is 0.469 e. The molecule has 8 heteroatoms. The van der Waals surface area contributed by atoms with Gasteiger partial charge < -0.3 is 19.7 Å². The van der Waals surface area contributed by atoms with Gasteiger partial charge in [0.05, 0.1) is 13.0 Å². The molecule has 0 aromatic heterocycles. The van der Waals surface area contributed by atoms with E-state index < -0.39 is 31.1 Å². The molecule has 140 valence electrons. The summed E-state index contributed by atoms with van der Waals surface area (Å²) in [5, 5.41) is 2.44. The summed E-state index contributed by atoms with van der Waals surface area (Å²) in [7, 11) is -2.56. The quantitative estimate of drug-likeness (QED) is 0.511. The van der Waals surface area contributed by atoms with Crippen LogP contribution in [0.4, 0.5) is 4.79 Å². The molecule has 3 unspecified atom stereocenters. The zero-order chi connectivity index (χ0) is 18.9. The smallest absolute Gasteiger partial charge is 0.408 e. The number of amides is 1. The number of alkyl carbamates (subject to hydrolysis) is 1. The van der Waals surface area contributed by atoms with E-state index in [0.717, 1.165) is 5.56 Å². The lowest BCUT2D eigenvalue weighted by molar-refractivity contribution is -0.144. The molecule has 0 saturated heterocycles. The summed E-state index contributed by atoms with van der Waals surface area (Å²) in [5.74, 6) is -2.19. The van der Waals surface area contributed by atoms with Gasteiger partial charge in [-0.3, -0.25) is 9.36 Å². The fourth-order valence-electron chi connectivity index (χ4n) is 2.37. The van der Waals surface area contributed by atoms with Crippen LogP contribution in [0.15, 0.2) is 30.3 Å². The highest BCUT2D eigenvalue weighted by atomic mass is 31.2. The van der Waals surface area contributed by atoms with Crippen LogP contribution >= 0.6 is 7.37 Å². The minimum atomic E-state index is -3.80. The number of ether oxygens (including phenoxy) is 2. The zero-order valence-electron chi connectivity index (χ0n) is 14.8. The second-order valence-corrected chi connectivity index (χ2v) is 8.20. The number of esters is 1. The number of hydrogen-bond acceptors (Lipinski definition) is 5. The van der Waals surface area contributed by atoms with Crippen LogP contribution in [0, 0.1) is 5.92 Å². The van der Waals surface area contributed by atoms with E-state index in [4.69, 9.17) is 4.74 Å². The van der Waals surface area contributed by atoms with Crippen molar-refractivity contribution in [2.75, 3.05) is 13.3 Å². The Labute approximate surface area is 148 Å². The lowest BCUT2D eigenvalue weighted by atomic mass is 10.1. The molecular weight excluding hydrogens is 345 g/mol. The summed E-state index contributed by atoms with van der Waals surface area (Å²) in [5.41, 5.74) is 0.814. The summed E-state index contributed by atoms with van der Waals surface area (Å²) < 4.78 is 22.4. The summed E-state index contributed by atoms with van der Waals surface area (Å²) in [6.45, 7) is 3.49. The molecule has 1 rings (SSSR count). The van der Waals surface area contributed by atoms with Crippen LogP contribution in [-0.4, -0.2) is 36.0 Å². The Hall–Kier alpha value is -1.85. The topological polar surface area (TPSA) is 102 Å². The van der Waals surface area contributed by atoms with Crippen LogP contribution in [0.5, 0.6) is 0 Å². The van der Waals surface area contributed by atoms with Crippen molar-refractivity contribution in [3.8, 4) is 0 Å². The maximum absolute atomic E-state index is 12.6. The number of carbonyl (C=O) groups is 2. The summed E-state index contributed by atoms with van der Waals surface area (Å²) in [4.78, 5) is 33.9. The fraction of sp³-hybridized carbons (Fsp3) is 0.529. The predicted molar refractivity (Wildman–Crippen MR) is 94.3 cm³/mol. The van der Waals surface area contributed by atoms with Crippen LogP contribution in [0.25, 0.3) is 0 Å². The Morgan fingerprint density at radius 3 is 2.36 bits per heavy atom. The van der Waals surface area contributed by atoms with Crippen molar-refractivity contribution in [1.29, 1.82) is 0 Å². The van der Waals surface area contributed by atoms with Gasteiger partial charge in [0.15, 0.2) is 0 Å². The Balaban J connectivity index is 2.64. The van der Waals surface area contributed by atoms with Crippen molar-refractivity contribution in [2.24, 2.45) is 5.92 Å². The molecule has 0 aliphatic carbocycles. The van der Waals surface area contributed by atoms with Crippen LogP contribution in [0.1, 0.15) is 32.3 Å². The first-order valence-electron chi connectivity index (χ1n) is 8.20. The molecule has 25 heavy (non-hydrogen) atoms. The van der Waals surface area contributed by atoms with Crippen molar-refractivity contribution in [1.82, 2.24) is 5.32 Å². The van der Waals surface area contributed by atoms with E-state index in [9.17, 15) is 19.0 Å². The molecule has 0 spiro atoms. The number of methoxy groups -OCH3 is 1. The SMILES string of the molecule is CCC(CP(=O)(O)C(CC)NC(=O)OCc1ccccc1)C(=O)OC. The number of carbonyl (C=O) groups excluding carboxylic acids is 2. The minimum Gasteiger partial charge on any atom is -0.469 e. The van der Waals surface area contributed by atoms with E-state index in [1.807, 2.05) is 30.3 Å². The van der Waals surface area contributed by atoms with Crippen molar-refractivity contribution >= 4 is 19.4 Å². The molecule has 0 bridgehead atoms. The van der Waals surface area contributed by atoms with Crippen molar-refractivity contribution in [3.63, 3.8) is 0 Å². The summed E-state index contributed by atoms with van der Waals surface area (Å²) in [6, 6.07) is 9.12. The van der Waals surface area contributed by atoms with Gasteiger partial charge in [-0.15, -0.1) is 0 Å². The van der Waals surface area contributed by atoms with Crippen molar-refractivity contribution in [2.45, 2.75) is 39.1 Å². The van der Waals surface area contributed by atoms with Gasteiger partial charge in [0, 0.05) is 6.16 Å². The standard InChI is InChI=1S/C17H26NO6P/c1-4-14(16(19)23-3)12-25(21,22)15(5-2)18-17(20)24-11-13-9-7-6-8-10-13/h6-10,14-15H,4-5,11-12H2,1-3H3,(H,18,20)(H,21,22). The van der Waals surface area contributed by atoms with Gasteiger partial charge in [-0.25, -0.2) is 4.79 Å². The Morgan fingerprint density at radius 1 is 1.20 bits per heavy atom. The van der Waals surface area contributed by atoms with E-state index >= 15 is 0 Å². The van der Waals surface area contributed by atoms with E-state index in [2.05, 4.69) is 10.1 Å². The summed E-state index contributed by atoms with van der Waals surface area (Å²) >= 11 is 0. The Kier molecular flexibility index (Phi) is 8.66. The molecule has 2 N–H and O–H groups in total. The third-order valence-electron chi connectivity index (χ3n) is 3.88. The number of benzene rings is 1. The third-order valence-corrected chi connectivity index (χ3v) is 6.31. The molecule has 0 fully saturated rings. The van der Waals surface area contributed by atoms with Gasteiger partial charge in [-0.1, -0.05) is 44.2 Å². The molecule has 1 aromatic carbocycles. The molecule has 0 radical (unpaired) electrons. The Morgan fingerprint density at radius 2 is 1.84 bits per heavy atom. The number of rotatable bonds is 9. The lowest BCUT2D eigenvalue weighted by Gasteiger charge is -2.25. The lowest BCUT2D eigenvalue weighted by Crippen LogP contribution is -2.36. The van der Waals surface area contributed by atoms with Gasteiger partial charge >= 0.3 is 12.1 Å². The normalized spacial score (nSPS) is 15.5. The number of hydrogen-bond donors (Lipinski definition) is 2. The number of nitrogens with one attached hydrogen (secondary N) is 1. The van der Waals surface area contributed by atoms with Gasteiger partial charge in [-0.2, -0.15) is 0 Å². The van der Waals surface area contributed by atoms with Crippen molar-refractivity contribution < 1.29 is 28.5 Å². The average molecular weight is 371 g/mol. The average Bonchev–Trinajstić information content (AvgIpc) is 2.62. The molecule has 1 aromatic rings. The van der Waals surface area contributed by atoms with Gasteiger partial charge in [0.2, 0.25) is 7.37 Å². The molecule has 1 amide bonds. The first kappa shape index (κ1) is 21.2. The summed E-state index contributed by atoms with van der Waals surface area (Å²) in [6.07, 6.45) is -0.387. The first-order chi connectivity index (χ1) is 11.8. The predicted octanol–water partition coefficient (Wildman–Crippen LogP) is 3.12. The highest BCUT2D eigenvalue weighted by molar-refractivity contribution is 7.58. The van der Waals surface area contributed by atoms with E-state index in [0.29, 0.717) is 6.42 Å². The maximum atomic E-state index is 12.6. The van der Waals surface area contributed by atoms with Crippen LogP contribution < -0.4 is 5.32 Å². The van der Waals surface area contributed by atoms with E-state index in [-0.39, 0.29) is 19.2 Å². The highest BCUT2D eigenvalue weighted by Gasteiger charge is 2.36. The first-order valence-corrected chi connectivity index (χ1v) is 10.1. The minimum absolute atomic E-state index is 0.0680. The Bertz CT molecular complexity index is 606. The maximum Gasteiger partial charge on any atom is 0.408 e. The van der Waals surface area contributed by atoms with Crippen LogP contribution in [-0.2, 0) is 25.4 Å². The molecule has 0 heterocycles. The monoisotopic (exact) mass is 371 g/mol. The zero-order valence-corrected chi connectivity index (χ0v) is 15.7. The van der Waals surface area contributed by atoms with Crippen molar-refractivity contribution in [3.05, 3.63) is 35.9 Å². The second kappa shape index (κ2) is 10.2. The van der Waals surface area contributed by atoms with Gasteiger partial charge in [0.25, 0.3) is 0 Å². The third kappa shape index (κ3) is 6.88. The second-order valence-electron chi connectivity index (χ2n) is 5.70. The van der Waals surface area contributed by atoms with Crippen LogP contribution in [0.3, 0.4) is 0 Å². The molecule has 0 aliphatic rings. The van der Waals surface area contributed by atoms with E-state index in [1.54, 1.807) is 13.8 Å². The van der Waals surface area contributed by atoms with Gasteiger partial charge in [0.1, 0.15) is 12.4 Å². The molecular formula is C17H26NO6P. The highest BCUT2D eigenvalue weighted by Crippen LogP contribution is 2.48. The molecule has 7 nitrogen and oxygen atoms in total. The van der Waals surface area contributed by atoms with Gasteiger partial charge in [-0.05, 0) is 18.4 Å². The molecule has 0 aliphatic heterocycles. The van der Waals surface area contributed by atoms with E-state index in [1.165, 1.54) is 7.11 Å². The fourth-order valence-corrected chi connectivity index (χ4v) is 4.54. The molecule has 0 saturated carbocycles. The van der Waals surface area contributed by atoms with Crippen LogP contribution in [0.2, 0.25) is 0 Å². The molecule has 3 atom stereocenters.